The Kier molecular flexibility index (Phi) is 5.42. The monoisotopic (exact) mass is 464 g/mol. The average molecular weight is 465 g/mol. The average Bonchev–Trinajstić information content (AvgIpc) is 3.44. The van der Waals surface area contributed by atoms with Gasteiger partial charge >= 0.3 is 6.18 Å². The van der Waals surface area contributed by atoms with Gasteiger partial charge < -0.3 is 9.73 Å². The molecule has 0 aliphatic carbocycles. The molecule has 0 unspecified atom stereocenters. The number of benzene rings is 3. The summed E-state index contributed by atoms with van der Waals surface area (Å²) in [5.41, 5.74) is 3.87. The molecule has 0 saturated heterocycles. The van der Waals surface area contributed by atoms with E-state index in [1.54, 1.807) is 29.5 Å². The highest BCUT2D eigenvalue weighted by Crippen LogP contribution is 2.33. The van der Waals surface area contributed by atoms with Crippen LogP contribution in [0.4, 0.5) is 18.9 Å². The maximum Gasteiger partial charge on any atom is 0.416 e. The molecule has 0 spiro atoms. The molecule has 7 heteroatoms. The number of thiazole rings is 1. The zero-order chi connectivity index (χ0) is 23.0. The number of furan rings is 1. The molecule has 3 aromatic carbocycles. The van der Waals surface area contributed by atoms with Gasteiger partial charge in [-0.2, -0.15) is 13.2 Å². The van der Waals surface area contributed by atoms with Crippen molar-refractivity contribution in [3.8, 4) is 21.9 Å². The van der Waals surface area contributed by atoms with Gasteiger partial charge in [-0.3, -0.25) is 0 Å². The largest absolute Gasteiger partial charge is 0.459 e. The molecule has 0 fully saturated rings. The van der Waals surface area contributed by atoms with E-state index in [0.717, 1.165) is 33.9 Å². The number of hydrogen-bond acceptors (Lipinski definition) is 4. The molecule has 0 aliphatic heterocycles. The molecule has 1 N–H and O–H groups in total. The van der Waals surface area contributed by atoms with E-state index >= 15 is 0 Å². The molecule has 5 rings (SSSR count). The lowest BCUT2D eigenvalue weighted by molar-refractivity contribution is -0.137. The van der Waals surface area contributed by atoms with Gasteiger partial charge in [0, 0.05) is 16.8 Å². The lowest BCUT2D eigenvalue weighted by Crippen LogP contribution is -2.04. The van der Waals surface area contributed by atoms with Crippen molar-refractivity contribution >= 4 is 27.2 Å². The van der Waals surface area contributed by atoms with E-state index in [4.69, 9.17) is 9.40 Å². The number of aromatic nitrogens is 1. The Morgan fingerprint density at radius 1 is 0.909 bits per heavy atom. The highest BCUT2D eigenvalue weighted by atomic mass is 32.1. The predicted octanol–water partition coefficient (Wildman–Crippen LogP) is 8.16. The second kappa shape index (κ2) is 8.41. The van der Waals surface area contributed by atoms with Crippen LogP contribution in [0, 0.1) is 6.92 Å². The first-order valence-electron chi connectivity index (χ1n) is 10.3. The van der Waals surface area contributed by atoms with E-state index in [2.05, 4.69) is 24.4 Å². The molecule has 0 aliphatic rings. The molecule has 0 radical (unpaired) electrons. The number of aryl methyl sites for hydroxylation is 1. The topological polar surface area (TPSA) is 38.1 Å². The van der Waals surface area contributed by atoms with Crippen molar-refractivity contribution < 1.29 is 17.6 Å². The van der Waals surface area contributed by atoms with Crippen LogP contribution in [0.15, 0.2) is 83.3 Å². The van der Waals surface area contributed by atoms with E-state index < -0.39 is 11.7 Å². The van der Waals surface area contributed by atoms with Crippen LogP contribution in [0.25, 0.3) is 32.1 Å². The number of hydrogen-bond donors (Lipinski definition) is 1. The van der Waals surface area contributed by atoms with E-state index in [1.807, 2.05) is 30.3 Å². The van der Waals surface area contributed by atoms with Gasteiger partial charge in [0.25, 0.3) is 0 Å². The zero-order valence-electron chi connectivity index (χ0n) is 17.6. The number of nitrogens with one attached hydrogen (secondary N) is 1. The molecule has 5 aromatic rings. The molecule has 2 aromatic heterocycles. The summed E-state index contributed by atoms with van der Waals surface area (Å²) >= 11 is 1.67. The lowest BCUT2D eigenvalue weighted by Gasteiger charge is -2.07. The van der Waals surface area contributed by atoms with Gasteiger partial charge in [0.15, 0.2) is 0 Å². The first-order valence-corrected chi connectivity index (χ1v) is 11.1. The smallest absolute Gasteiger partial charge is 0.416 e. The molecular formula is C26H19F3N2OS. The van der Waals surface area contributed by atoms with Gasteiger partial charge in [0.1, 0.15) is 16.5 Å². The number of anilines is 1. The van der Waals surface area contributed by atoms with Crippen LogP contribution in [0.1, 0.15) is 16.9 Å². The Hall–Kier alpha value is -3.58. The first-order chi connectivity index (χ1) is 15.8. The number of rotatable bonds is 5. The van der Waals surface area contributed by atoms with Crippen LogP contribution in [0.5, 0.6) is 0 Å². The molecule has 3 nitrogen and oxygen atoms in total. The van der Waals surface area contributed by atoms with Crippen molar-refractivity contribution in [1.82, 2.24) is 4.98 Å². The number of fused-ring (bicyclic) bond motifs is 1. The van der Waals surface area contributed by atoms with Gasteiger partial charge in [-0.25, -0.2) is 4.98 Å². The summed E-state index contributed by atoms with van der Waals surface area (Å²) in [6.45, 7) is 2.49. The fourth-order valence-corrected chi connectivity index (χ4v) is 4.62. The van der Waals surface area contributed by atoms with Gasteiger partial charge in [-0.15, -0.1) is 11.3 Å². The third-order valence-electron chi connectivity index (χ3n) is 5.28. The van der Waals surface area contributed by atoms with E-state index in [0.29, 0.717) is 23.6 Å². The molecule has 0 bridgehead atoms. The van der Waals surface area contributed by atoms with Crippen LogP contribution in [-0.4, -0.2) is 4.98 Å². The second-order valence-electron chi connectivity index (χ2n) is 7.77. The molecule has 166 valence electrons. The SMILES string of the molecule is Cc1ccc2nc(-c3ccc(NCc4ccc(-c5cccc(C(F)(F)F)c5)o4)cc3)sc2c1. The minimum absolute atomic E-state index is 0.395. The number of nitrogens with zero attached hydrogens (tertiary/aromatic N) is 1. The van der Waals surface area contributed by atoms with Crippen molar-refractivity contribution in [2.45, 2.75) is 19.6 Å². The van der Waals surface area contributed by atoms with E-state index in [1.165, 1.54) is 16.3 Å². The fourth-order valence-electron chi connectivity index (χ4n) is 3.55. The van der Waals surface area contributed by atoms with Crippen molar-refractivity contribution in [2.24, 2.45) is 0 Å². The summed E-state index contributed by atoms with van der Waals surface area (Å²) in [4.78, 5) is 4.71. The third-order valence-corrected chi connectivity index (χ3v) is 6.35. The van der Waals surface area contributed by atoms with E-state index in [9.17, 15) is 13.2 Å². The Balaban J connectivity index is 1.26. The first kappa shape index (κ1) is 21.3. The minimum atomic E-state index is -4.39. The fraction of sp³-hybridized carbons (Fsp3) is 0.115. The van der Waals surface area contributed by atoms with Crippen LogP contribution in [-0.2, 0) is 12.7 Å². The maximum absolute atomic E-state index is 13.0. The number of halogens is 3. The van der Waals surface area contributed by atoms with Gasteiger partial charge in [-0.05, 0) is 73.2 Å². The lowest BCUT2D eigenvalue weighted by atomic mass is 10.1. The standard InChI is InChI=1S/C26H19F3N2OS/c1-16-5-11-22-24(13-16)33-25(31-22)17-6-8-20(9-7-17)30-15-21-10-12-23(32-21)18-3-2-4-19(14-18)26(27,28)29/h2-14,30H,15H2,1H3. The zero-order valence-corrected chi connectivity index (χ0v) is 18.4. The van der Waals surface area contributed by atoms with Crippen LogP contribution in [0.2, 0.25) is 0 Å². The Morgan fingerprint density at radius 3 is 2.52 bits per heavy atom. The molecular weight excluding hydrogens is 445 g/mol. The summed E-state index contributed by atoms with van der Waals surface area (Å²) in [5.74, 6) is 1.03. The van der Waals surface area contributed by atoms with Crippen LogP contribution < -0.4 is 5.32 Å². The Morgan fingerprint density at radius 2 is 1.73 bits per heavy atom. The van der Waals surface area contributed by atoms with Gasteiger partial charge in [0.2, 0.25) is 0 Å². The molecule has 0 saturated carbocycles. The van der Waals surface area contributed by atoms with Crippen LogP contribution >= 0.6 is 11.3 Å². The van der Waals surface area contributed by atoms with Crippen molar-refractivity contribution in [3.05, 3.63) is 95.7 Å². The molecule has 2 heterocycles. The van der Waals surface area contributed by atoms with Gasteiger partial charge in [-0.1, -0.05) is 18.2 Å². The highest BCUT2D eigenvalue weighted by Gasteiger charge is 2.30. The van der Waals surface area contributed by atoms with Gasteiger partial charge in [0.05, 0.1) is 22.3 Å². The minimum Gasteiger partial charge on any atom is -0.459 e. The van der Waals surface area contributed by atoms with Crippen molar-refractivity contribution in [2.75, 3.05) is 5.32 Å². The maximum atomic E-state index is 13.0. The summed E-state index contributed by atoms with van der Waals surface area (Å²) in [7, 11) is 0. The predicted molar refractivity (Wildman–Crippen MR) is 126 cm³/mol. The highest BCUT2D eigenvalue weighted by molar-refractivity contribution is 7.21. The summed E-state index contributed by atoms with van der Waals surface area (Å²) in [5, 5.41) is 4.25. The molecule has 0 atom stereocenters. The Labute approximate surface area is 192 Å². The van der Waals surface area contributed by atoms with Crippen molar-refractivity contribution in [3.63, 3.8) is 0 Å². The third kappa shape index (κ3) is 4.64. The second-order valence-corrected chi connectivity index (χ2v) is 8.80. The quantitative estimate of drug-likeness (QED) is 0.285. The normalized spacial score (nSPS) is 11.8. The summed E-state index contributed by atoms with van der Waals surface area (Å²) in [6, 6.07) is 22.8. The Bertz CT molecular complexity index is 1420. The van der Waals surface area contributed by atoms with Crippen molar-refractivity contribution in [1.29, 1.82) is 0 Å². The van der Waals surface area contributed by atoms with Crippen LogP contribution in [0.3, 0.4) is 0 Å². The molecule has 0 amide bonds. The molecule has 33 heavy (non-hydrogen) atoms. The van der Waals surface area contributed by atoms with E-state index in [-0.39, 0.29) is 0 Å². The number of alkyl halides is 3. The summed E-state index contributed by atoms with van der Waals surface area (Å²) < 4.78 is 45.8. The summed E-state index contributed by atoms with van der Waals surface area (Å²) in [6.07, 6.45) is -4.39.